The highest BCUT2D eigenvalue weighted by atomic mass is 16.5. The molecule has 1 fully saturated rings. The average molecular weight is 392 g/mol. The number of aryl methyl sites for hydroxylation is 1. The molecule has 7 heteroatoms. The van der Waals surface area contributed by atoms with Crippen LogP contribution in [0.4, 0.5) is 0 Å². The molecular weight excluding hydrogens is 368 g/mol. The number of esters is 1. The van der Waals surface area contributed by atoms with Crippen molar-refractivity contribution < 1.29 is 14.3 Å². The van der Waals surface area contributed by atoms with Crippen molar-refractivity contribution in [3.8, 4) is 11.3 Å². The Hall–Kier alpha value is -3.22. The van der Waals surface area contributed by atoms with E-state index in [4.69, 9.17) is 4.74 Å². The van der Waals surface area contributed by atoms with E-state index in [0.29, 0.717) is 43.9 Å². The first kappa shape index (κ1) is 19.1. The summed E-state index contributed by atoms with van der Waals surface area (Å²) in [5, 5.41) is 4.62. The van der Waals surface area contributed by atoms with Gasteiger partial charge in [-0.25, -0.2) is 9.50 Å². The minimum Gasteiger partial charge on any atom is -0.466 e. The molecular formula is C22H24N4O3. The minimum absolute atomic E-state index is 0.111. The van der Waals surface area contributed by atoms with E-state index in [1.54, 1.807) is 22.4 Å². The molecule has 1 amide bonds. The Morgan fingerprint density at radius 2 is 1.86 bits per heavy atom. The monoisotopic (exact) mass is 392 g/mol. The van der Waals surface area contributed by atoms with Gasteiger partial charge in [0.05, 0.1) is 18.2 Å². The molecule has 3 aromatic rings. The average Bonchev–Trinajstić information content (AvgIpc) is 3.19. The van der Waals surface area contributed by atoms with Crippen LogP contribution in [-0.2, 0) is 9.53 Å². The number of piperidine rings is 1. The van der Waals surface area contributed by atoms with Crippen molar-refractivity contribution in [3.63, 3.8) is 0 Å². The Labute approximate surface area is 169 Å². The van der Waals surface area contributed by atoms with Crippen LogP contribution in [0.1, 0.15) is 35.9 Å². The fourth-order valence-corrected chi connectivity index (χ4v) is 3.73. The third-order valence-electron chi connectivity index (χ3n) is 5.30. The molecule has 1 aliphatic rings. The standard InChI is InChI=1S/C22H24N4O3/c1-3-29-22(28)17-9-11-25(12-10-17)21(27)19-13-15(2)26-20(23-19)14-18(24-26)16-7-5-4-6-8-16/h4-8,13-14,17H,3,9-12H2,1-2H3. The maximum atomic E-state index is 13.0. The number of amides is 1. The lowest BCUT2D eigenvalue weighted by Crippen LogP contribution is -2.41. The summed E-state index contributed by atoms with van der Waals surface area (Å²) in [5.41, 5.74) is 3.73. The van der Waals surface area contributed by atoms with Crippen LogP contribution in [0, 0.1) is 12.8 Å². The molecule has 1 saturated heterocycles. The number of hydrogen-bond acceptors (Lipinski definition) is 5. The number of carbonyl (C=O) groups excluding carboxylic acids is 2. The van der Waals surface area contributed by atoms with Gasteiger partial charge in [-0.05, 0) is 32.8 Å². The highest BCUT2D eigenvalue weighted by Gasteiger charge is 2.29. The largest absolute Gasteiger partial charge is 0.466 e. The van der Waals surface area contributed by atoms with Crippen molar-refractivity contribution in [1.29, 1.82) is 0 Å². The van der Waals surface area contributed by atoms with Gasteiger partial charge in [0, 0.05) is 30.4 Å². The second kappa shape index (κ2) is 8.03. The Morgan fingerprint density at radius 3 is 2.55 bits per heavy atom. The lowest BCUT2D eigenvalue weighted by Gasteiger charge is -2.30. The molecule has 4 rings (SSSR count). The van der Waals surface area contributed by atoms with E-state index in [9.17, 15) is 9.59 Å². The van der Waals surface area contributed by atoms with Gasteiger partial charge in [-0.2, -0.15) is 5.10 Å². The van der Waals surface area contributed by atoms with Crippen LogP contribution in [0.25, 0.3) is 16.9 Å². The maximum Gasteiger partial charge on any atom is 0.309 e. The lowest BCUT2D eigenvalue weighted by molar-refractivity contribution is -0.149. The summed E-state index contributed by atoms with van der Waals surface area (Å²) in [6, 6.07) is 13.6. The van der Waals surface area contributed by atoms with Crippen LogP contribution in [0.15, 0.2) is 42.5 Å². The predicted octanol–water partition coefficient (Wildman–Crippen LogP) is 3.12. The topological polar surface area (TPSA) is 76.8 Å². The lowest BCUT2D eigenvalue weighted by atomic mass is 9.97. The number of carbonyl (C=O) groups is 2. The smallest absolute Gasteiger partial charge is 0.309 e. The second-order valence-corrected chi connectivity index (χ2v) is 7.27. The highest BCUT2D eigenvalue weighted by Crippen LogP contribution is 2.22. The Morgan fingerprint density at radius 1 is 1.14 bits per heavy atom. The van der Waals surface area contributed by atoms with Crippen molar-refractivity contribution in [2.45, 2.75) is 26.7 Å². The number of nitrogens with zero attached hydrogens (tertiary/aromatic N) is 4. The summed E-state index contributed by atoms with van der Waals surface area (Å²) < 4.78 is 6.86. The van der Waals surface area contributed by atoms with Gasteiger partial charge in [-0.3, -0.25) is 9.59 Å². The number of hydrogen-bond donors (Lipinski definition) is 0. The molecule has 2 aromatic heterocycles. The van der Waals surface area contributed by atoms with Gasteiger partial charge in [0.15, 0.2) is 5.65 Å². The second-order valence-electron chi connectivity index (χ2n) is 7.27. The van der Waals surface area contributed by atoms with Gasteiger partial charge in [0.1, 0.15) is 5.69 Å². The zero-order valence-electron chi connectivity index (χ0n) is 16.7. The first-order valence-electron chi connectivity index (χ1n) is 9.95. The summed E-state index contributed by atoms with van der Waals surface area (Å²) in [5.74, 6) is -0.400. The molecule has 0 aliphatic carbocycles. The number of aromatic nitrogens is 3. The molecule has 0 saturated carbocycles. The molecule has 0 spiro atoms. The molecule has 0 radical (unpaired) electrons. The SMILES string of the molecule is CCOC(=O)C1CCN(C(=O)c2cc(C)n3nc(-c4ccccc4)cc3n2)CC1. The van der Waals surface area contributed by atoms with Crippen LogP contribution in [-0.4, -0.2) is 51.1 Å². The number of ether oxygens (including phenoxy) is 1. The van der Waals surface area contributed by atoms with Gasteiger partial charge in [-0.1, -0.05) is 30.3 Å². The summed E-state index contributed by atoms with van der Waals surface area (Å²) >= 11 is 0. The minimum atomic E-state index is -0.164. The summed E-state index contributed by atoms with van der Waals surface area (Å²) in [6.45, 7) is 5.17. The fourth-order valence-electron chi connectivity index (χ4n) is 3.73. The van der Waals surface area contributed by atoms with Crippen LogP contribution >= 0.6 is 0 Å². The van der Waals surface area contributed by atoms with E-state index in [1.165, 1.54) is 0 Å². The van der Waals surface area contributed by atoms with Crippen molar-refractivity contribution >= 4 is 17.5 Å². The van der Waals surface area contributed by atoms with E-state index < -0.39 is 0 Å². The molecule has 1 aromatic carbocycles. The Bertz CT molecular complexity index is 1040. The van der Waals surface area contributed by atoms with Gasteiger partial charge in [0.2, 0.25) is 0 Å². The third kappa shape index (κ3) is 3.85. The van der Waals surface area contributed by atoms with Gasteiger partial charge in [0.25, 0.3) is 5.91 Å². The van der Waals surface area contributed by atoms with Crippen molar-refractivity contribution in [2.75, 3.05) is 19.7 Å². The molecule has 150 valence electrons. The number of benzene rings is 1. The van der Waals surface area contributed by atoms with Gasteiger partial charge < -0.3 is 9.64 Å². The Balaban J connectivity index is 1.53. The first-order chi connectivity index (χ1) is 14.1. The fraction of sp³-hybridized carbons (Fsp3) is 0.364. The van der Waals surface area contributed by atoms with Crippen molar-refractivity contribution in [2.24, 2.45) is 5.92 Å². The molecule has 7 nitrogen and oxygen atoms in total. The van der Waals surface area contributed by atoms with E-state index in [1.807, 2.05) is 43.3 Å². The van der Waals surface area contributed by atoms with Crippen LogP contribution < -0.4 is 0 Å². The third-order valence-corrected chi connectivity index (χ3v) is 5.30. The molecule has 0 bridgehead atoms. The van der Waals surface area contributed by atoms with Crippen LogP contribution in [0.5, 0.6) is 0 Å². The molecule has 0 atom stereocenters. The molecule has 0 unspecified atom stereocenters. The van der Waals surface area contributed by atoms with Crippen molar-refractivity contribution in [1.82, 2.24) is 19.5 Å². The van der Waals surface area contributed by atoms with Gasteiger partial charge in [-0.15, -0.1) is 0 Å². The normalized spacial score (nSPS) is 14.9. The molecule has 29 heavy (non-hydrogen) atoms. The molecule has 1 aliphatic heterocycles. The quantitative estimate of drug-likeness (QED) is 0.638. The van der Waals surface area contributed by atoms with E-state index in [-0.39, 0.29) is 17.8 Å². The molecule has 3 heterocycles. The number of likely N-dealkylation sites (tertiary alicyclic amines) is 1. The molecule has 0 N–H and O–H groups in total. The summed E-state index contributed by atoms with van der Waals surface area (Å²) in [6.07, 6.45) is 1.24. The van der Waals surface area contributed by atoms with E-state index >= 15 is 0 Å². The maximum absolute atomic E-state index is 13.0. The number of fused-ring (bicyclic) bond motifs is 1. The highest BCUT2D eigenvalue weighted by molar-refractivity contribution is 5.93. The Kier molecular flexibility index (Phi) is 5.29. The first-order valence-corrected chi connectivity index (χ1v) is 9.95. The van der Waals surface area contributed by atoms with Crippen LogP contribution in [0.3, 0.4) is 0 Å². The zero-order chi connectivity index (χ0) is 20.4. The van der Waals surface area contributed by atoms with E-state index in [0.717, 1.165) is 17.0 Å². The zero-order valence-corrected chi connectivity index (χ0v) is 16.7. The van der Waals surface area contributed by atoms with Crippen LogP contribution in [0.2, 0.25) is 0 Å². The number of rotatable bonds is 4. The van der Waals surface area contributed by atoms with Crippen molar-refractivity contribution in [3.05, 3.63) is 53.9 Å². The summed E-state index contributed by atoms with van der Waals surface area (Å²) in [4.78, 5) is 31.2. The van der Waals surface area contributed by atoms with Gasteiger partial charge >= 0.3 is 5.97 Å². The van der Waals surface area contributed by atoms with E-state index in [2.05, 4.69) is 10.1 Å². The predicted molar refractivity (Wildman–Crippen MR) is 108 cm³/mol. The summed E-state index contributed by atoms with van der Waals surface area (Å²) in [7, 11) is 0.